The van der Waals surface area contributed by atoms with Crippen molar-refractivity contribution in [1.82, 2.24) is 19.8 Å². The highest BCUT2D eigenvalue weighted by Gasteiger charge is 2.35. The molecular weight excluding hydrogens is 514 g/mol. The molecule has 1 aliphatic rings. The molecule has 41 heavy (non-hydrogen) atoms. The second kappa shape index (κ2) is 12.6. The number of aromatic nitrogens is 2. The molecule has 2 aromatic heterocycles. The molecule has 0 unspecified atom stereocenters. The summed E-state index contributed by atoms with van der Waals surface area (Å²) in [6, 6.07) is 15.6. The maximum Gasteiger partial charge on any atom is 0.259 e. The largest absolute Gasteiger partial charge is 0.355 e. The lowest BCUT2D eigenvalue weighted by Gasteiger charge is -2.07. The molecule has 0 bridgehead atoms. The third-order valence-electron chi connectivity index (χ3n) is 7.94. The number of hydrogen-bond acceptors (Lipinski definition) is 4. The molecule has 8 heteroatoms. The van der Waals surface area contributed by atoms with Gasteiger partial charge in [-0.15, -0.1) is 0 Å². The van der Waals surface area contributed by atoms with Crippen molar-refractivity contribution in [3.8, 4) is 0 Å². The van der Waals surface area contributed by atoms with Gasteiger partial charge in [-0.1, -0.05) is 68.5 Å². The van der Waals surface area contributed by atoms with Crippen LogP contribution < -0.4 is 16.4 Å². The number of nitrogens with zero attached hydrogens (tertiary/aromatic N) is 2. The minimum atomic E-state index is -0.454. The van der Waals surface area contributed by atoms with Crippen molar-refractivity contribution < 1.29 is 14.4 Å². The Kier molecular flexibility index (Phi) is 8.69. The molecule has 3 heterocycles. The van der Waals surface area contributed by atoms with Gasteiger partial charge in [0.15, 0.2) is 0 Å². The number of amides is 3. The summed E-state index contributed by atoms with van der Waals surface area (Å²) < 4.78 is 4.21. The number of fused-ring (bicyclic) bond motifs is 2. The molecule has 0 fully saturated rings. The predicted octanol–water partition coefficient (Wildman–Crippen LogP) is 4.89. The molecule has 4 aromatic rings. The first kappa shape index (κ1) is 28.4. The van der Waals surface area contributed by atoms with Crippen LogP contribution in [0.5, 0.6) is 0 Å². The van der Waals surface area contributed by atoms with E-state index in [1.54, 1.807) is 6.92 Å². The van der Waals surface area contributed by atoms with Crippen LogP contribution in [0.3, 0.4) is 0 Å². The van der Waals surface area contributed by atoms with Crippen LogP contribution in [0.1, 0.15) is 63.0 Å². The van der Waals surface area contributed by atoms with Gasteiger partial charge >= 0.3 is 0 Å². The first-order chi connectivity index (χ1) is 19.9. The molecule has 0 spiro atoms. The number of aryl methyl sites for hydroxylation is 2. The van der Waals surface area contributed by atoms with Crippen molar-refractivity contribution in [1.29, 1.82) is 0 Å². The number of hydrogen-bond donors (Lipinski definition) is 3. The highest BCUT2D eigenvalue weighted by molar-refractivity contribution is 6.50. The van der Waals surface area contributed by atoms with Gasteiger partial charge in [0.1, 0.15) is 0 Å². The van der Waals surface area contributed by atoms with Crippen molar-refractivity contribution in [3.63, 3.8) is 0 Å². The molecule has 214 valence electrons. The molecule has 0 saturated carbocycles. The van der Waals surface area contributed by atoms with Crippen molar-refractivity contribution >= 4 is 50.7 Å². The highest BCUT2D eigenvalue weighted by atomic mass is 16.2. The van der Waals surface area contributed by atoms with Crippen LogP contribution in [0, 0.1) is 0 Å². The lowest BCUT2D eigenvalue weighted by atomic mass is 9.95. The van der Waals surface area contributed by atoms with Crippen LogP contribution in [0.25, 0.3) is 33.0 Å². The molecule has 0 saturated heterocycles. The summed E-state index contributed by atoms with van der Waals surface area (Å²) in [6.07, 6.45) is 11.7. The topological polar surface area (TPSA) is 111 Å². The van der Waals surface area contributed by atoms with Crippen molar-refractivity contribution in [2.24, 2.45) is 12.8 Å². The summed E-state index contributed by atoms with van der Waals surface area (Å²) in [5.41, 5.74) is 10.1. The first-order valence-electron chi connectivity index (χ1n) is 14.6. The van der Waals surface area contributed by atoms with E-state index in [4.69, 9.17) is 5.73 Å². The Labute approximate surface area is 240 Å². The Morgan fingerprint density at radius 3 is 2.00 bits per heavy atom. The fourth-order valence-electron chi connectivity index (χ4n) is 5.80. The quantitative estimate of drug-likeness (QED) is 0.162. The van der Waals surface area contributed by atoms with Gasteiger partial charge < -0.3 is 20.2 Å². The van der Waals surface area contributed by atoms with E-state index >= 15 is 0 Å². The number of carbonyl (C=O) groups excluding carboxylic acids is 3. The lowest BCUT2D eigenvalue weighted by Crippen LogP contribution is -2.38. The van der Waals surface area contributed by atoms with Crippen LogP contribution in [0.2, 0.25) is 0 Å². The molecular formula is C33H39N5O3. The highest BCUT2D eigenvalue weighted by Crippen LogP contribution is 2.38. The van der Waals surface area contributed by atoms with E-state index in [0.29, 0.717) is 17.7 Å². The van der Waals surface area contributed by atoms with Gasteiger partial charge in [0.2, 0.25) is 5.91 Å². The first-order valence-corrected chi connectivity index (χ1v) is 14.6. The van der Waals surface area contributed by atoms with Gasteiger partial charge in [0, 0.05) is 65.5 Å². The molecule has 5 rings (SSSR count). The average Bonchev–Trinajstić information content (AvgIpc) is 3.59. The maximum absolute atomic E-state index is 13.2. The summed E-state index contributed by atoms with van der Waals surface area (Å²) in [5, 5.41) is 7.34. The maximum atomic E-state index is 13.2. The Morgan fingerprint density at radius 1 is 0.805 bits per heavy atom. The summed E-state index contributed by atoms with van der Waals surface area (Å²) >= 11 is 0. The molecule has 2 aromatic carbocycles. The molecule has 4 N–H and O–H groups in total. The summed E-state index contributed by atoms with van der Waals surface area (Å²) in [7, 11) is 1.95. The molecule has 1 aliphatic heterocycles. The van der Waals surface area contributed by atoms with E-state index in [9.17, 15) is 14.4 Å². The number of nitrogens with one attached hydrogen (secondary N) is 2. The monoisotopic (exact) mass is 553 g/mol. The van der Waals surface area contributed by atoms with E-state index in [2.05, 4.69) is 21.3 Å². The zero-order valence-corrected chi connectivity index (χ0v) is 23.9. The Morgan fingerprint density at radius 2 is 1.34 bits per heavy atom. The smallest absolute Gasteiger partial charge is 0.259 e. The normalized spacial score (nSPS) is 14.3. The number of unbranched alkanes of at least 4 members (excludes halogenated alkanes) is 6. The second-order valence-corrected chi connectivity index (χ2v) is 11.0. The number of nitrogens with two attached hydrogens (primary N) is 1. The van der Waals surface area contributed by atoms with Crippen LogP contribution in [0.15, 0.2) is 60.9 Å². The van der Waals surface area contributed by atoms with E-state index < -0.39 is 6.04 Å². The molecule has 0 radical (unpaired) electrons. The van der Waals surface area contributed by atoms with Gasteiger partial charge in [-0.3, -0.25) is 19.7 Å². The summed E-state index contributed by atoms with van der Waals surface area (Å²) in [5.74, 6) is -0.792. The summed E-state index contributed by atoms with van der Waals surface area (Å²) in [6.45, 7) is 3.22. The van der Waals surface area contributed by atoms with Gasteiger partial charge in [0.25, 0.3) is 11.8 Å². The number of carbonyl (C=O) groups is 3. The van der Waals surface area contributed by atoms with Crippen molar-refractivity contribution in [2.45, 2.75) is 64.5 Å². The van der Waals surface area contributed by atoms with E-state index in [1.807, 2.05) is 66.5 Å². The lowest BCUT2D eigenvalue weighted by molar-refractivity contribution is -0.123. The number of rotatable bonds is 13. The molecule has 8 nitrogen and oxygen atoms in total. The minimum absolute atomic E-state index is 0.0908. The van der Waals surface area contributed by atoms with Crippen molar-refractivity contribution in [3.05, 3.63) is 72.1 Å². The van der Waals surface area contributed by atoms with E-state index in [0.717, 1.165) is 78.0 Å². The van der Waals surface area contributed by atoms with Crippen LogP contribution in [-0.2, 0) is 28.0 Å². The van der Waals surface area contributed by atoms with Gasteiger partial charge in [-0.25, -0.2) is 0 Å². The Bertz CT molecular complexity index is 1620. The predicted molar refractivity (Wildman–Crippen MR) is 164 cm³/mol. The van der Waals surface area contributed by atoms with Gasteiger partial charge in [-0.2, -0.15) is 0 Å². The standard InChI is InChI=1S/C33H39N5O3/c1-22(34)31(39)35-18-12-6-4-3-5-7-13-19-38-21-26(24-15-9-11-17-28(24)38)30-29(32(40)36-33(30)41)25-20-37(2)27-16-10-8-14-23(25)27/h8-11,14-17,20-22H,3-7,12-13,18-19,34H2,1-2H3,(H,35,39)(H,36,40,41)/t22-/m0/s1. The fourth-order valence-corrected chi connectivity index (χ4v) is 5.80. The van der Waals surface area contributed by atoms with Crippen LogP contribution >= 0.6 is 0 Å². The minimum Gasteiger partial charge on any atom is -0.355 e. The third-order valence-corrected chi connectivity index (χ3v) is 7.94. The number of imide groups is 1. The molecule has 3 amide bonds. The van der Waals surface area contributed by atoms with Crippen LogP contribution in [-0.4, -0.2) is 39.4 Å². The Balaban J connectivity index is 1.28. The average molecular weight is 554 g/mol. The zero-order chi connectivity index (χ0) is 28.9. The number of para-hydroxylation sites is 2. The summed E-state index contributed by atoms with van der Waals surface area (Å²) in [4.78, 5) is 37.9. The molecule has 0 aliphatic carbocycles. The molecule has 1 atom stereocenters. The third kappa shape index (κ3) is 5.98. The van der Waals surface area contributed by atoms with E-state index in [-0.39, 0.29) is 17.7 Å². The fraction of sp³-hybridized carbons (Fsp3) is 0.364. The van der Waals surface area contributed by atoms with Crippen molar-refractivity contribution in [2.75, 3.05) is 6.54 Å². The van der Waals surface area contributed by atoms with Gasteiger partial charge in [-0.05, 0) is 31.9 Å². The Hall–Kier alpha value is -4.17. The van der Waals surface area contributed by atoms with E-state index in [1.165, 1.54) is 6.42 Å². The zero-order valence-electron chi connectivity index (χ0n) is 23.9. The number of benzene rings is 2. The SMILES string of the molecule is C[C@H](N)C(=O)NCCCCCCCCCn1cc(C2=C(c3cn(C)c4ccccc34)C(=O)NC2=O)c2ccccc21. The second-order valence-electron chi connectivity index (χ2n) is 11.0. The van der Waals surface area contributed by atoms with Gasteiger partial charge in [0.05, 0.1) is 17.2 Å². The van der Waals surface area contributed by atoms with Crippen LogP contribution in [0.4, 0.5) is 0 Å².